The number of aromatic nitrogens is 4. The van der Waals surface area contributed by atoms with E-state index in [4.69, 9.17) is 11.6 Å². The van der Waals surface area contributed by atoms with Crippen molar-refractivity contribution in [1.82, 2.24) is 24.6 Å². The maximum Gasteiger partial charge on any atom is 0.251 e. The van der Waals surface area contributed by atoms with Crippen LogP contribution in [0.4, 0.5) is 19.0 Å². The Kier molecular flexibility index (Phi) is 5.57. The van der Waals surface area contributed by atoms with Crippen LogP contribution < -0.4 is 4.90 Å². The highest BCUT2D eigenvalue weighted by molar-refractivity contribution is 6.30. The van der Waals surface area contributed by atoms with E-state index in [1.54, 1.807) is 6.07 Å². The Morgan fingerprint density at radius 1 is 1.03 bits per heavy atom. The summed E-state index contributed by atoms with van der Waals surface area (Å²) in [4.78, 5) is 8.49. The van der Waals surface area contributed by atoms with Crippen molar-refractivity contribution in [3.63, 3.8) is 0 Å². The van der Waals surface area contributed by atoms with Crippen LogP contribution in [0.1, 0.15) is 61.4 Å². The molecule has 2 aliphatic heterocycles. The molecule has 0 bridgehead atoms. The highest BCUT2D eigenvalue weighted by Gasteiger charge is 2.57. The van der Waals surface area contributed by atoms with E-state index in [9.17, 15) is 13.2 Å². The lowest BCUT2D eigenvalue weighted by atomic mass is 9.73. The second kappa shape index (κ2) is 8.45. The fourth-order valence-electron chi connectivity index (χ4n) is 6.06. The predicted octanol–water partition coefficient (Wildman–Crippen LogP) is 5.65. The third-order valence-electron chi connectivity index (χ3n) is 7.90. The topological polar surface area (TPSA) is 50.1 Å². The van der Waals surface area contributed by atoms with Gasteiger partial charge < -0.3 is 4.90 Å². The van der Waals surface area contributed by atoms with Crippen LogP contribution in [0.5, 0.6) is 0 Å². The van der Waals surface area contributed by atoms with Crippen LogP contribution >= 0.6 is 11.6 Å². The highest BCUT2D eigenvalue weighted by Crippen LogP contribution is 2.50. The normalized spacial score (nSPS) is 21.4. The maximum absolute atomic E-state index is 14.4. The monoisotopic (exact) mass is 516 g/mol. The Balaban J connectivity index is 1.31. The fraction of sp³-hybridized carbons (Fsp3) is 0.500. The molecular formula is C26H28ClF3N6. The molecule has 0 radical (unpaired) electrons. The number of anilines is 1. The smallest absolute Gasteiger partial charge is 0.251 e. The third-order valence-corrected chi connectivity index (χ3v) is 8.13. The van der Waals surface area contributed by atoms with E-state index in [0.29, 0.717) is 37.0 Å². The first-order valence-electron chi connectivity index (χ1n) is 12.4. The molecule has 1 saturated heterocycles. The van der Waals surface area contributed by atoms with Gasteiger partial charge in [0.2, 0.25) is 0 Å². The van der Waals surface area contributed by atoms with Crippen molar-refractivity contribution in [2.45, 2.75) is 70.0 Å². The van der Waals surface area contributed by atoms with Gasteiger partial charge in [-0.15, -0.1) is 10.2 Å². The number of nitrogens with zero attached hydrogens (tertiary/aromatic N) is 6. The van der Waals surface area contributed by atoms with E-state index < -0.39 is 11.5 Å². The van der Waals surface area contributed by atoms with Gasteiger partial charge in [-0.25, -0.2) is 18.2 Å². The first kappa shape index (κ1) is 23.7. The average molecular weight is 517 g/mol. The van der Waals surface area contributed by atoms with E-state index in [-0.39, 0.29) is 24.6 Å². The lowest BCUT2D eigenvalue weighted by molar-refractivity contribution is -0.173. The zero-order chi connectivity index (χ0) is 25.2. The van der Waals surface area contributed by atoms with Crippen LogP contribution in [0.2, 0.25) is 5.02 Å². The number of alkyl halides is 2. The molecule has 1 saturated carbocycles. The van der Waals surface area contributed by atoms with Crippen LogP contribution in [0.3, 0.4) is 0 Å². The summed E-state index contributed by atoms with van der Waals surface area (Å²) in [7, 11) is 0. The molecule has 0 unspecified atom stereocenters. The number of pyridine rings is 1. The summed E-state index contributed by atoms with van der Waals surface area (Å²) < 4.78 is 44.3. The Morgan fingerprint density at radius 2 is 1.78 bits per heavy atom. The van der Waals surface area contributed by atoms with E-state index in [1.165, 1.54) is 6.07 Å². The summed E-state index contributed by atoms with van der Waals surface area (Å²) in [6.07, 6.45) is 1.23. The molecule has 6 nitrogen and oxygen atoms in total. The first-order valence-corrected chi connectivity index (χ1v) is 12.7. The fourth-order valence-corrected chi connectivity index (χ4v) is 6.25. The van der Waals surface area contributed by atoms with Gasteiger partial charge in [0.1, 0.15) is 5.82 Å². The van der Waals surface area contributed by atoms with Crippen LogP contribution in [-0.4, -0.2) is 49.2 Å². The summed E-state index contributed by atoms with van der Waals surface area (Å²) in [5.41, 5.74) is 2.09. The van der Waals surface area contributed by atoms with Gasteiger partial charge in [0.25, 0.3) is 5.92 Å². The van der Waals surface area contributed by atoms with Crippen LogP contribution in [0.15, 0.2) is 30.3 Å². The van der Waals surface area contributed by atoms with Crippen LogP contribution in [0, 0.1) is 12.7 Å². The molecule has 2 fully saturated rings. The number of benzene rings is 1. The van der Waals surface area contributed by atoms with E-state index in [1.807, 2.05) is 36.9 Å². The number of piperidine rings is 1. The zero-order valence-electron chi connectivity index (χ0n) is 20.3. The van der Waals surface area contributed by atoms with Crippen molar-refractivity contribution < 1.29 is 13.2 Å². The Bertz CT molecular complexity index is 1310. The van der Waals surface area contributed by atoms with Gasteiger partial charge in [0.15, 0.2) is 17.5 Å². The van der Waals surface area contributed by atoms with Crippen molar-refractivity contribution in [2.24, 2.45) is 0 Å². The Labute approximate surface area is 213 Å². The van der Waals surface area contributed by atoms with E-state index in [0.717, 1.165) is 41.4 Å². The zero-order valence-corrected chi connectivity index (χ0v) is 21.1. The molecule has 4 heterocycles. The van der Waals surface area contributed by atoms with Gasteiger partial charge in [-0.05, 0) is 62.6 Å². The summed E-state index contributed by atoms with van der Waals surface area (Å²) in [6.45, 7) is 6.03. The quantitative estimate of drug-likeness (QED) is 0.450. The van der Waals surface area contributed by atoms with Gasteiger partial charge in [-0.3, -0.25) is 9.47 Å². The summed E-state index contributed by atoms with van der Waals surface area (Å²) in [5, 5.41) is 9.75. The second-order valence-corrected chi connectivity index (χ2v) is 11.1. The van der Waals surface area contributed by atoms with Crippen molar-refractivity contribution >= 4 is 17.4 Å². The van der Waals surface area contributed by atoms with Crippen molar-refractivity contribution in [1.29, 1.82) is 0 Å². The molecule has 0 atom stereocenters. The number of hydrogen-bond donors (Lipinski definition) is 0. The summed E-state index contributed by atoms with van der Waals surface area (Å²) >= 11 is 6.35. The minimum Gasteiger partial charge on any atom is -0.354 e. The SMILES string of the molecule is Cc1ccc(F)c(N2CCC(c3nnc4n3-c3ccc(Cl)cc3CN(C3(C)CC(F)(F)C3)C4)CC2)n1. The summed E-state index contributed by atoms with van der Waals surface area (Å²) in [6, 6.07) is 8.87. The van der Waals surface area contributed by atoms with Crippen LogP contribution in [0.25, 0.3) is 5.69 Å². The summed E-state index contributed by atoms with van der Waals surface area (Å²) in [5.74, 6) is -0.801. The molecule has 0 amide bonds. The molecular weight excluding hydrogens is 489 g/mol. The maximum atomic E-state index is 14.4. The largest absolute Gasteiger partial charge is 0.354 e. The molecule has 190 valence electrons. The lowest BCUT2D eigenvalue weighted by Crippen LogP contribution is -2.59. The minimum absolute atomic E-state index is 0.133. The van der Waals surface area contributed by atoms with Gasteiger partial charge in [-0.1, -0.05) is 11.6 Å². The molecule has 1 aromatic carbocycles. The second-order valence-electron chi connectivity index (χ2n) is 10.7. The molecule has 0 spiro atoms. The molecule has 2 aromatic heterocycles. The molecule has 3 aromatic rings. The molecule has 1 aliphatic carbocycles. The number of aryl methyl sites for hydroxylation is 1. The van der Waals surface area contributed by atoms with Gasteiger partial charge in [0.05, 0.1) is 12.2 Å². The Morgan fingerprint density at radius 3 is 2.50 bits per heavy atom. The molecule has 36 heavy (non-hydrogen) atoms. The first-order chi connectivity index (χ1) is 17.1. The molecule has 0 N–H and O–H groups in total. The standard InChI is InChI=1S/C26H28ClF3N6/c1-16-3-5-20(28)24(31-16)34-9-7-17(8-10-34)23-33-32-22-13-35(25(2)14-26(29,30)15-25)12-18-11-19(27)4-6-21(18)36(22)23/h3-6,11,17H,7-10,12-15H2,1-2H3. The van der Waals surface area contributed by atoms with Crippen LogP contribution in [-0.2, 0) is 13.1 Å². The lowest BCUT2D eigenvalue weighted by Gasteiger charge is -2.51. The van der Waals surface area contributed by atoms with E-state index in [2.05, 4.69) is 24.6 Å². The number of halogens is 4. The van der Waals surface area contributed by atoms with Gasteiger partial charge >= 0.3 is 0 Å². The molecule has 3 aliphatic rings. The van der Waals surface area contributed by atoms with Gasteiger partial charge in [0, 0.05) is 54.6 Å². The average Bonchev–Trinajstić information content (AvgIpc) is 3.15. The number of fused-ring (bicyclic) bond motifs is 3. The minimum atomic E-state index is -2.63. The van der Waals surface area contributed by atoms with Crippen molar-refractivity contribution in [3.8, 4) is 5.69 Å². The number of rotatable bonds is 3. The number of hydrogen-bond acceptors (Lipinski definition) is 5. The third kappa shape index (κ3) is 4.06. The van der Waals surface area contributed by atoms with Crippen molar-refractivity contribution in [3.05, 3.63) is 64.1 Å². The van der Waals surface area contributed by atoms with Gasteiger partial charge in [-0.2, -0.15) is 0 Å². The molecule has 6 rings (SSSR count). The van der Waals surface area contributed by atoms with E-state index >= 15 is 0 Å². The highest BCUT2D eigenvalue weighted by atomic mass is 35.5. The Hall–Kier alpha value is -2.65. The van der Waals surface area contributed by atoms with Crippen molar-refractivity contribution in [2.75, 3.05) is 18.0 Å². The molecule has 10 heteroatoms. The predicted molar refractivity (Wildman–Crippen MR) is 131 cm³/mol.